The van der Waals surface area contributed by atoms with Crippen LogP contribution in [0.5, 0.6) is 11.5 Å². The molecule has 10 rings (SSSR count). The van der Waals surface area contributed by atoms with E-state index in [0.717, 1.165) is 97.5 Å². The van der Waals surface area contributed by atoms with Crippen molar-refractivity contribution in [3.8, 4) is 33.8 Å². The van der Waals surface area contributed by atoms with E-state index in [1.807, 2.05) is 158 Å². The molecular weight excluding hydrogens is 1060 g/mol. The molecule has 0 aromatic heterocycles. The molecule has 11 heteroatoms. The molecule has 0 fully saturated rings. The van der Waals surface area contributed by atoms with Crippen LogP contribution in [0.4, 0.5) is 0 Å². The van der Waals surface area contributed by atoms with E-state index in [-0.39, 0.29) is 31.9 Å². The highest BCUT2D eigenvalue weighted by molar-refractivity contribution is 8.14. The van der Waals surface area contributed by atoms with Gasteiger partial charge in [-0.1, -0.05) is 168 Å². The third-order valence-electron chi connectivity index (χ3n) is 14.5. The summed E-state index contributed by atoms with van der Waals surface area (Å²) >= 11 is 4.01. The van der Waals surface area contributed by atoms with Gasteiger partial charge in [0, 0.05) is 86.3 Å². The summed E-state index contributed by atoms with van der Waals surface area (Å²) in [6.07, 6.45) is 3.49. The minimum atomic E-state index is -0.278. The Morgan fingerprint density at radius 1 is 0.383 bits per heavy atom. The number of phenolic OH excluding ortho intramolecular Hbond substituents is 2. The van der Waals surface area contributed by atoms with E-state index < -0.39 is 0 Å². The van der Waals surface area contributed by atoms with Crippen molar-refractivity contribution in [2.24, 2.45) is 20.4 Å². The third kappa shape index (κ3) is 11.8. The number of carbonyl (C=O) groups is 2. The van der Waals surface area contributed by atoms with Gasteiger partial charge in [-0.15, -0.1) is 10.2 Å². The molecule has 2 aliphatic carbocycles. The quantitative estimate of drug-likeness (QED) is 0.0794. The third-order valence-corrected chi connectivity index (χ3v) is 17.4. The fourth-order valence-corrected chi connectivity index (χ4v) is 12.8. The zero-order valence-electron chi connectivity index (χ0n) is 47.9. The SMILES string of the molecule is CC(C)(C)c1cc(/C=N/N=C2\c3ccccc3-c3c(C(=O)Sc4ccc(Sc5ccc(SC(=O)c6cccc7c6-c6ccccc6/C7=N\N=C\c6cc(C(C)(C)C)c(O)c(C(C)(C)C)c6)cc5)cc4)cccc32)cc(C(C)(C)C)c1O. The second kappa shape index (κ2) is 22.1. The highest BCUT2D eigenvalue weighted by atomic mass is 32.2. The normalized spacial score (nSPS) is 14.2. The van der Waals surface area contributed by atoms with Gasteiger partial charge < -0.3 is 10.2 Å². The van der Waals surface area contributed by atoms with Gasteiger partial charge in [-0.25, -0.2) is 0 Å². The molecule has 8 aromatic carbocycles. The van der Waals surface area contributed by atoms with Crippen LogP contribution >= 0.6 is 35.3 Å². The topological polar surface area (TPSA) is 124 Å². The summed E-state index contributed by atoms with van der Waals surface area (Å²) in [6, 6.07) is 51.5. The van der Waals surface area contributed by atoms with Gasteiger partial charge >= 0.3 is 0 Å². The summed E-state index contributed by atoms with van der Waals surface area (Å²) in [6.45, 7) is 25.1. The van der Waals surface area contributed by atoms with Gasteiger partial charge in [0.25, 0.3) is 0 Å². The van der Waals surface area contributed by atoms with Crippen molar-refractivity contribution in [2.45, 2.75) is 124 Å². The van der Waals surface area contributed by atoms with E-state index in [1.165, 1.54) is 23.5 Å². The van der Waals surface area contributed by atoms with E-state index in [9.17, 15) is 19.8 Å². The van der Waals surface area contributed by atoms with E-state index in [4.69, 9.17) is 10.2 Å². The second-order valence-corrected chi connectivity index (χ2v) is 27.9. The van der Waals surface area contributed by atoms with Crippen LogP contribution in [0.3, 0.4) is 0 Å². The second-order valence-electron chi connectivity index (χ2n) is 24.7. The minimum Gasteiger partial charge on any atom is -0.507 e. The number of benzene rings is 8. The van der Waals surface area contributed by atoms with Crippen molar-refractivity contribution in [2.75, 3.05) is 0 Å². The molecule has 8 nitrogen and oxygen atoms in total. The van der Waals surface area contributed by atoms with Gasteiger partial charge in [-0.3, -0.25) is 9.59 Å². The predicted octanol–water partition coefficient (Wildman–Crippen LogP) is 18.0. The molecule has 0 saturated carbocycles. The molecule has 0 saturated heterocycles. The molecule has 0 atom stereocenters. The Bertz CT molecular complexity index is 3610. The van der Waals surface area contributed by atoms with Crippen molar-refractivity contribution in [1.82, 2.24) is 0 Å². The summed E-state index contributed by atoms with van der Waals surface area (Å²) < 4.78 is 0. The lowest BCUT2D eigenvalue weighted by molar-refractivity contribution is 0.108. The van der Waals surface area contributed by atoms with Crippen LogP contribution in [0.1, 0.15) is 159 Å². The van der Waals surface area contributed by atoms with E-state index >= 15 is 0 Å². The monoisotopic (exact) mass is 1120 g/mol. The molecule has 8 aromatic rings. The van der Waals surface area contributed by atoms with Gasteiger partial charge in [0.1, 0.15) is 22.9 Å². The molecule has 0 heterocycles. The Hall–Kier alpha value is -7.57. The largest absolute Gasteiger partial charge is 0.507 e. The molecule has 81 heavy (non-hydrogen) atoms. The Morgan fingerprint density at radius 3 is 1.00 bits per heavy atom. The van der Waals surface area contributed by atoms with Crippen LogP contribution in [-0.4, -0.2) is 44.3 Å². The fourth-order valence-electron chi connectivity index (χ4n) is 10.4. The Balaban J connectivity index is 0.815. The first-order valence-corrected chi connectivity index (χ1v) is 29.6. The van der Waals surface area contributed by atoms with Crippen LogP contribution in [0.2, 0.25) is 0 Å². The van der Waals surface area contributed by atoms with E-state index in [0.29, 0.717) is 34.0 Å². The Kier molecular flexibility index (Phi) is 15.4. The maximum Gasteiger partial charge on any atom is 0.224 e. The zero-order chi connectivity index (χ0) is 57.8. The maximum absolute atomic E-state index is 14.2. The van der Waals surface area contributed by atoms with Crippen LogP contribution in [-0.2, 0) is 21.7 Å². The molecule has 0 unspecified atom stereocenters. The van der Waals surface area contributed by atoms with Crippen molar-refractivity contribution in [1.29, 1.82) is 0 Å². The Morgan fingerprint density at radius 2 is 0.679 bits per heavy atom. The molecule has 408 valence electrons. The van der Waals surface area contributed by atoms with Gasteiger partial charge in [-0.05, 0) is 152 Å². The van der Waals surface area contributed by atoms with Gasteiger partial charge in [0.05, 0.1) is 12.4 Å². The number of phenols is 2. The van der Waals surface area contributed by atoms with Crippen LogP contribution < -0.4 is 0 Å². The number of fused-ring (bicyclic) bond motifs is 6. The van der Waals surface area contributed by atoms with Gasteiger partial charge in [0.15, 0.2) is 0 Å². The predicted molar refractivity (Wildman–Crippen MR) is 339 cm³/mol. The average Bonchev–Trinajstić information content (AvgIpc) is 4.16. The van der Waals surface area contributed by atoms with E-state index in [1.54, 1.807) is 24.2 Å². The smallest absolute Gasteiger partial charge is 0.224 e. The lowest BCUT2D eigenvalue weighted by atomic mass is 9.78. The van der Waals surface area contributed by atoms with Gasteiger partial charge in [0.2, 0.25) is 10.2 Å². The molecule has 0 bridgehead atoms. The Labute approximate surface area is 489 Å². The molecule has 0 aliphatic heterocycles. The molecule has 0 radical (unpaired) electrons. The first-order valence-electron chi connectivity index (χ1n) is 27.1. The summed E-state index contributed by atoms with van der Waals surface area (Å²) in [4.78, 5) is 32.1. The fraction of sp³-hybridized carbons (Fsp3) is 0.229. The standard InChI is InChI=1S/C70H66N4O4S3/c1-67(2,3)55-35-41(36-56(63(55)75)68(4,5)6)39-71-73-61-49-21-15-13-19-47(49)59-51(61)23-17-25-53(59)65(77)80-45-31-27-43(28-32-45)79-44-29-33-46(34-30-44)81-66(78)54-26-18-24-52-60(54)48-20-14-16-22-50(48)62(52)74-72-40-42-37-57(69(7,8)9)64(76)58(38-42)70(10,11)12/h13-40,75-76H,1-12H3/b71-39+,72-40+,73-61+,74-62+. The molecule has 2 N–H and O–H groups in total. The number of rotatable bonds is 10. The summed E-state index contributed by atoms with van der Waals surface area (Å²) in [7, 11) is 0. The van der Waals surface area contributed by atoms with E-state index in [2.05, 4.69) is 93.3 Å². The molecule has 2 aliphatic rings. The number of nitrogens with zero attached hydrogens (tertiary/aromatic N) is 4. The first-order chi connectivity index (χ1) is 38.3. The minimum absolute atomic E-state index is 0.0678. The first kappa shape index (κ1) is 56.7. The highest BCUT2D eigenvalue weighted by Crippen LogP contribution is 2.45. The average molecular weight is 1120 g/mol. The zero-order valence-corrected chi connectivity index (χ0v) is 50.3. The van der Waals surface area contributed by atoms with Crippen LogP contribution in [0.15, 0.2) is 198 Å². The van der Waals surface area contributed by atoms with Crippen LogP contribution in [0, 0.1) is 0 Å². The van der Waals surface area contributed by atoms with Crippen molar-refractivity contribution in [3.63, 3.8) is 0 Å². The summed E-state index contributed by atoms with van der Waals surface area (Å²) in [5.74, 6) is 0.636. The highest BCUT2D eigenvalue weighted by Gasteiger charge is 2.33. The number of carbonyl (C=O) groups excluding carboxylic acids is 2. The number of hydrogen-bond donors (Lipinski definition) is 2. The maximum atomic E-state index is 14.2. The lowest BCUT2D eigenvalue weighted by Gasteiger charge is -2.27. The summed E-state index contributed by atoms with van der Waals surface area (Å²) in [5.41, 5.74) is 13.7. The van der Waals surface area contributed by atoms with Crippen molar-refractivity contribution < 1.29 is 19.8 Å². The summed E-state index contributed by atoms with van der Waals surface area (Å²) in [5, 5.41) is 41.2. The lowest BCUT2D eigenvalue weighted by Crippen LogP contribution is -2.17. The van der Waals surface area contributed by atoms with Crippen molar-refractivity contribution >= 4 is 69.4 Å². The molecule has 0 spiro atoms. The van der Waals surface area contributed by atoms with Crippen LogP contribution in [0.25, 0.3) is 22.3 Å². The van der Waals surface area contributed by atoms with Crippen molar-refractivity contribution in [3.05, 3.63) is 224 Å². The van der Waals surface area contributed by atoms with Gasteiger partial charge in [-0.2, -0.15) is 10.2 Å². The molecule has 0 amide bonds. The number of hydrogen-bond acceptors (Lipinski definition) is 11. The number of aromatic hydroxyl groups is 2. The number of thioether (sulfide) groups is 2. The molecular formula is C70H66N4O4S3.